The van der Waals surface area contributed by atoms with Crippen molar-refractivity contribution in [2.45, 2.75) is 25.7 Å². The summed E-state index contributed by atoms with van der Waals surface area (Å²) in [7, 11) is 0. The van der Waals surface area contributed by atoms with Gasteiger partial charge in [0.1, 0.15) is 0 Å². The molecule has 1 aliphatic rings. The molecule has 84 valence electrons. The van der Waals surface area contributed by atoms with Crippen LogP contribution in [-0.2, 0) is 0 Å². The maximum atomic E-state index is 11.6. The zero-order valence-electron chi connectivity index (χ0n) is 9.07. The van der Waals surface area contributed by atoms with Crippen LogP contribution < -0.4 is 10.9 Å². The minimum atomic E-state index is -0.153. The van der Waals surface area contributed by atoms with Gasteiger partial charge in [-0.1, -0.05) is 6.08 Å². The topological polar surface area (TPSA) is 54.0 Å². The first-order valence-corrected chi connectivity index (χ1v) is 5.52. The van der Waals surface area contributed by atoms with Crippen molar-refractivity contribution in [3.8, 4) is 0 Å². The molecule has 2 rings (SSSR count). The second-order valence-electron chi connectivity index (χ2n) is 3.80. The van der Waals surface area contributed by atoms with E-state index in [0.29, 0.717) is 5.56 Å². The molecule has 1 heterocycles. The number of nitrogens with one attached hydrogen (secondary N) is 2. The van der Waals surface area contributed by atoms with Gasteiger partial charge in [0.05, 0.1) is 5.56 Å². The van der Waals surface area contributed by atoms with Crippen LogP contribution in [0.2, 0.25) is 0 Å². The quantitative estimate of drug-likeness (QED) is 0.759. The van der Waals surface area contributed by atoms with Gasteiger partial charge in [-0.3, -0.25) is 15.2 Å². The standard InChI is InChI=1S/C12H15N3O/c16-12(10-5-4-8-13-9-10)15-14-11-6-2-1-3-7-11/h4-6,8-9,14H,1-3,7H2,(H,15,16). The van der Waals surface area contributed by atoms with Gasteiger partial charge in [-0.2, -0.15) is 0 Å². The van der Waals surface area contributed by atoms with Crippen LogP contribution in [0.5, 0.6) is 0 Å². The highest BCUT2D eigenvalue weighted by Crippen LogP contribution is 2.14. The maximum Gasteiger partial charge on any atom is 0.271 e. The molecule has 0 aliphatic heterocycles. The fourth-order valence-electron chi connectivity index (χ4n) is 1.66. The average molecular weight is 217 g/mol. The SMILES string of the molecule is O=C(NNC1=CCCCC1)c1cccnc1. The number of nitrogens with zero attached hydrogens (tertiary/aromatic N) is 1. The average Bonchev–Trinajstić information content (AvgIpc) is 2.38. The van der Waals surface area contributed by atoms with Gasteiger partial charge < -0.3 is 5.43 Å². The fraction of sp³-hybridized carbons (Fsp3) is 0.333. The second-order valence-corrected chi connectivity index (χ2v) is 3.80. The highest BCUT2D eigenvalue weighted by Gasteiger charge is 2.06. The molecule has 1 aliphatic carbocycles. The monoisotopic (exact) mass is 217 g/mol. The number of hydrogen-bond donors (Lipinski definition) is 2. The summed E-state index contributed by atoms with van der Waals surface area (Å²) in [6, 6.07) is 3.48. The lowest BCUT2D eigenvalue weighted by Crippen LogP contribution is -2.37. The fourth-order valence-corrected chi connectivity index (χ4v) is 1.66. The zero-order valence-corrected chi connectivity index (χ0v) is 9.07. The molecule has 0 bridgehead atoms. The molecule has 0 fully saturated rings. The summed E-state index contributed by atoms with van der Waals surface area (Å²) >= 11 is 0. The molecule has 16 heavy (non-hydrogen) atoms. The normalized spacial score (nSPS) is 15.1. The van der Waals surface area contributed by atoms with Crippen LogP contribution in [0.15, 0.2) is 36.3 Å². The van der Waals surface area contributed by atoms with E-state index in [4.69, 9.17) is 0 Å². The molecule has 0 unspecified atom stereocenters. The molecule has 2 N–H and O–H groups in total. The van der Waals surface area contributed by atoms with Gasteiger partial charge in [-0.05, 0) is 37.8 Å². The van der Waals surface area contributed by atoms with Gasteiger partial charge in [0, 0.05) is 18.1 Å². The van der Waals surface area contributed by atoms with Gasteiger partial charge in [0.15, 0.2) is 0 Å². The number of amides is 1. The van der Waals surface area contributed by atoms with Crippen LogP contribution in [0.25, 0.3) is 0 Å². The van der Waals surface area contributed by atoms with E-state index in [0.717, 1.165) is 18.5 Å². The van der Waals surface area contributed by atoms with Crippen molar-refractivity contribution in [3.05, 3.63) is 41.9 Å². The summed E-state index contributed by atoms with van der Waals surface area (Å²) in [6.07, 6.45) is 9.84. The Labute approximate surface area is 94.7 Å². The first-order valence-electron chi connectivity index (χ1n) is 5.52. The number of hydrazine groups is 1. The molecule has 0 aromatic carbocycles. The Balaban J connectivity index is 1.86. The lowest BCUT2D eigenvalue weighted by atomic mass is 10.1. The summed E-state index contributed by atoms with van der Waals surface area (Å²) in [5.41, 5.74) is 7.29. The van der Waals surface area contributed by atoms with E-state index < -0.39 is 0 Å². The van der Waals surface area contributed by atoms with Crippen molar-refractivity contribution >= 4 is 5.91 Å². The third kappa shape index (κ3) is 2.82. The summed E-state index contributed by atoms with van der Waals surface area (Å²) < 4.78 is 0. The van der Waals surface area contributed by atoms with E-state index in [1.807, 2.05) is 0 Å². The molecular weight excluding hydrogens is 202 g/mol. The van der Waals surface area contributed by atoms with Crippen LogP contribution in [0, 0.1) is 0 Å². The van der Waals surface area contributed by atoms with Crippen molar-refractivity contribution in [2.75, 3.05) is 0 Å². The van der Waals surface area contributed by atoms with Crippen LogP contribution in [0.4, 0.5) is 0 Å². The van der Waals surface area contributed by atoms with Gasteiger partial charge in [-0.25, -0.2) is 0 Å². The Bertz CT molecular complexity index is 387. The molecule has 0 radical (unpaired) electrons. The largest absolute Gasteiger partial charge is 0.303 e. The van der Waals surface area contributed by atoms with Crippen LogP contribution in [0.3, 0.4) is 0 Å². The highest BCUT2D eigenvalue weighted by molar-refractivity contribution is 5.93. The number of rotatable bonds is 3. The molecule has 4 nitrogen and oxygen atoms in total. The summed E-state index contributed by atoms with van der Waals surface area (Å²) in [4.78, 5) is 15.5. The molecule has 4 heteroatoms. The third-order valence-corrected chi connectivity index (χ3v) is 2.55. The molecule has 1 aromatic heterocycles. The summed E-state index contributed by atoms with van der Waals surface area (Å²) in [5, 5.41) is 0. The molecule has 0 saturated carbocycles. The van der Waals surface area contributed by atoms with Gasteiger partial charge in [0.25, 0.3) is 5.91 Å². The Morgan fingerprint density at radius 1 is 1.38 bits per heavy atom. The molecule has 1 aromatic rings. The minimum absolute atomic E-state index is 0.153. The molecule has 0 atom stereocenters. The smallest absolute Gasteiger partial charge is 0.271 e. The Morgan fingerprint density at radius 2 is 2.31 bits per heavy atom. The molecule has 0 spiro atoms. The highest BCUT2D eigenvalue weighted by atomic mass is 16.2. The van der Waals surface area contributed by atoms with Gasteiger partial charge in [-0.15, -0.1) is 0 Å². The van der Waals surface area contributed by atoms with Crippen molar-refractivity contribution in [3.63, 3.8) is 0 Å². The third-order valence-electron chi connectivity index (χ3n) is 2.55. The van der Waals surface area contributed by atoms with Crippen LogP contribution in [-0.4, -0.2) is 10.9 Å². The van der Waals surface area contributed by atoms with Crippen molar-refractivity contribution < 1.29 is 4.79 Å². The molecule has 0 saturated heterocycles. The number of pyridine rings is 1. The molecule has 1 amide bonds. The van der Waals surface area contributed by atoms with E-state index in [1.54, 1.807) is 24.5 Å². The van der Waals surface area contributed by atoms with Crippen LogP contribution in [0.1, 0.15) is 36.0 Å². The minimum Gasteiger partial charge on any atom is -0.303 e. The number of carbonyl (C=O) groups excluding carboxylic acids is 1. The first kappa shape index (κ1) is 10.7. The number of allylic oxidation sites excluding steroid dienone is 2. The van der Waals surface area contributed by atoms with Crippen LogP contribution >= 0.6 is 0 Å². The predicted molar refractivity (Wildman–Crippen MR) is 61.4 cm³/mol. The Morgan fingerprint density at radius 3 is 3.00 bits per heavy atom. The summed E-state index contributed by atoms with van der Waals surface area (Å²) in [5.74, 6) is -0.153. The van der Waals surface area contributed by atoms with Gasteiger partial charge in [0.2, 0.25) is 0 Å². The van der Waals surface area contributed by atoms with E-state index in [9.17, 15) is 4.79 Å². The first-order chi connectivity index (χ1) is 7.86. The number of carbonyl (C=O) groups is 1. The second kappa shape index (κ2) is 5.30. The predicted octanol–water partition coefficient (Wildman–Crippen LogP) is 1.77. The summed E-state index contributed by atoms with van der Waals surface area (Å²) in [6.45, 7) is 0. The van der Waals surface area contributed by atoms with Gasteiger partial charge >= 0.3 is 0 Å². The van der Waals surface area contributed by atoms with E-state index >= 15 is 0 Å². The van der Waals surface area contributed by atoms with Crippen molar-refractivity contribution in [1.29, 1.82) is 0 Å². The van der Waals surface area contributed by atoms with E-state index in [1.165, 1.54) is 12.8 Å². The molecular formula is C12H15N3O. The zero-order chi connectivity index (χ0) is 11.2. The Hall–Kier alpha value is -1.84. The lowest BCUT2D eigenvalue weighted by molar-refractivity contribution is 0.0937. The maximum absolute atomic E-state index is 11.6. The number of aromatic nitrogens is 1. The van der Waals surface area contributed by atoms with Crippen molar-refractivity contribution in [2.24, 2.45) is 0 Å². The Kier molecular flexibility index (Phi) is 3.53. The number of hydrogen-bond acceptors (Lipinski definition) is 3. The van der Waals surface area contributed by atoms with E-state index in [-0.39, 0.29) is 5.91 Å². The lowest BCUT2D eigenvalue weighted by Gasteiger charge is -2.15. The van der Waals surface area contributed by atoms with Crippen molar-refractivity contribution in [1.82, 2.24) is 15.8 Å². The van der Waals surface area contributed by atoms with E-state index in [2.05, 4.69) is 21.9 Å².